The molecule has 0 fully saturated rings. The fraction of sp³-hybridized carbons (Fsp3) is 0.250. The topological polar surface area (TPSA) is 38.0 Å². The largest absolute Gasteiger partial charge is 0.324 e. The van der Waals surface area contributed by atoms with E-state index in [1.54, 1.807) is 6.08 Å². The molecule has 0 heterocycles. The van der Waals surface area contributed by atoms with Crippen LogP contribution in [0.15, 0.2) is 35.3 Å². The van der Waals surface area contributed by atoms with Crippen LogP contribution >= 0.6 is 0 Å². The predicted molar refractivity (Wildman–Crippen MR) is 43.0 cm³/mol. The molecule has 0 aromatic heterocycles. The Hall–Kier alpha value is -1.09. The van der Waals surface area contributed by atoms with Crippen molar-refractivity contribution in [1.29, 1.82) is 0 Å². The number of hydrazine groups is 1. The molecular formula is C8H11FN2. The molecule has 0 atom stereocenters. The highest BCUT2D eigenvalue weighted by Gasteiger charge is 2.01. The minimum Gasteiger partial charge on any atom is -0.324 e. The second-order valence-electron chi connectivity index (χ2n) is 2.47. The van der Waals surface area contributed by atoms with Gasteiger partial charge in [0.25, 0.3) is 0 Å². The summed E-state index contributed by atoms with van der Waals surface area (Å²) >= 11 is 0. The first-order valence-electron chi connectivity index (χ1n) is 3.44. The Bertz CT molecular complexity index is 238. The highest BCUT2D eigenvalue weighted by atomic mass is 19.1. The van der Waals surface area contributed by atoms with Crippen LogP contribution in [0.2, 0.25) is 0 Å². The number of nitrogens with one attached hydrogen (secondary N) is 1. The lowest BCUT2D eigenvalue weighted by Gasteiger charge is -2.03. The predicted octanol–water partition coefficient (Wildman–Crippen LogP) is 1.54. The van der Waals surface area contributed by atoms with Gasteiger partial charge in [0.05, 0.1) is 5.70 Å². The van der Waals surface area contributed by atoms with Gasteiger partial charge < -0.3 is 5.43 Å². The number of hydrogen-bond donors (Lipinski definition) is 2. The lowest BCUT2D eigenvalue weighted by atomic mass is 10.2. The van der Waals surface area contributed by atoms with Crippen LogP contribution in [-0.4, -0.2) is 0 Å². The van der Waals surface area contributed by atoms with Crippen molar-refractivity contribution < 1.29 is 4.39 Å². The van der Waals surface area contributed by atoms with Gasteiger partial charge in [-0.15, -0.1) is 0 Å². The van der Waals surface area contributed by atoms with Crippen LogP contribution in [0.1, 0.15) is 13.3 Å². The molecule has 0 aromatic rings. The van der Waals surface area contributed by atoms with Crippen molar-refractivity contribution in [1.82, 2.24) is 5.43 Å². The fourth-order valence-electron chi connectivity index (χ4n) is 0.932. The molecule has 2 nitrogen and oxygen atoms in total. The Balaban J connectivity index is 2.95. The van der Waals surface area contributed by atoms with E-state index in [9.17, 15) is 4.39 Å². The zero-order valence-corrected chi connectivity index (χ0v) is 6.39. The van der Waals surface area contributed by atoms with Gasteiger partial charge in [0.2, 0.25) is 0 Å². The summed E-state index contributed by atoms with van der Waals surface area (Å²) in [6.07, 6.45) is 5.33. The molecule has 0 spiro atoms. The van der Waals surface area contributed by atoms with Crippen molar-refractivity contribution in [2.75, 3.05) is 0 Å². The van der Waals surface area contributed by atoms with Gasteiger partial charge in [-0.3, -0.25) is 5.84 Å². The van der Waals surface area contributed by atoms with Crippen molar-refractivity contribution in [2.24, 2.45) is 5.84 Å². The van der Waals surface area contributed by atoms with Crippen molar-refractivity contribution in [3.8, 4) is 0 Å². The van der Waals surface area contributed by atoms with Crippen LogP contribution in [0, 0.1) is 0 Å². The van der Waals surface area contributed by atoms with E-state index in [0.29, 0.717) is 5.70 Å². The SMILES string of the molecule is CC1=C(NN)C=C(F)C=CC1. The van der Waals surface area contributed by atoms with Crippen LogP contribution in [0.3, 0.4) is 0 Å². The third-order valence-electron chi connectivity index (χ3n) is 1.60. The average Bonchev–Trinajstić information content (AvgIpc) is 2.13. The number of rotatable bonds is 1. The zero-order chi connectivity index (χ0) is 8.27. The Morgan fingerprint density at radius 2 is 2.36 bits per heavy atom. The molecule has 1 rings (SSSR count). The summed E-state index contributed by atoms with van der Waals surface area (Å²) in [5.41, 5.74) is 4.15. The van der Waals surface area contributed by atoms with Crippen LogP contribution in [-0.2, 0) is 0 Å². The highest BCUT2D eigenvalue weighted by molar-refractivity contribution is 5.32. The third kappa shape index (κ3) is 1.91. The molecule has 3 heteroatoms. The Labute approximate surface area is 65.2 Å². The second kappa shape index (κ2) is 3.34. The molecule has 1 aliphatic carbocycles. The first-order valence-corrected chi connectivity index (χ1v) is 3.44. The van der Waals surface area contributed by atoms with Gasteiger partial charge in [-0.2, -0.15) is 0 Å². The minimum absolute atomic E-state index is 0.269. The average molecular weight is 154 g/mol. The summed E-state index contributed by atoms with van der Waals surface area (Å²) in [6, 6.07) is 0. The van der Waals surface area contributed by atoms with E-state index in [1.807, 2.05) is 6.92 Å². The quantitative estimate of drug-likeness (QED) is 0.444. The van der Waals surface area contributed by atoms with Gasteiger partial charge in [-0.1, -0.05) is 6.08 Å². The number of nitrogens with two attached hydrogens (primary N) is 1. The molecule has 11 heavy (non-hydrogen) atoms. The first kappa shape index (κ1) is 8.01. The lowest BCUT2D eigenvalue weighted by molar-refractivity contribution is 0.663. The van der Waals surface area contributed by atoms with E-state index in [0.717, 1.165) is 12.0 Å². The second-order valence-corrected chi connectivity index (χ2v) is 2.47. The third-order valence-corrected chi connectivity index (χ3v) is 1.60. The van der Waals surface area contributed by atoms with Crippen LogP contribution in [0.4, 0.5) is 4.39 Å². The molecule has 0 radical (unpaired) electrons. The van der Waals surface area contributed by atoms with E-state index in [1.165, 1.54) is 12.2 Å². The zero-order valence-electron chi connectivity index (χ0n) is 6.39. The summed E-state index contributed by atoms with van der Waals surface area (Å²) in [6.45, 7) is 1.91. The van der Waals surface area contributed by atoms with Gasteiger partial charge in [0.1, 0.15) is 5.83 Å². The minimum atomic E-state index is -0.269. The summed E-state index contributed by atoms with van der Waals surface area (Å²) in [7, 11) is 0. The molecule has 0 amide bonds. The normalized spacial score (nSPS) is 17.9. The van der Waals surface area contributed by atoms with E-state index in [-0.39, 0.29) is 5.83 Å². The molecule has 0 unspecified atom stereocenters. The number of allylic oxidation sites excluding steroid dienone is 5. The summed E-state index contributed by atoms with van der Waals surface area (Å²) in [5.74, 6) is 4.91. The van der Waals surface area contributed by atoms with Crippen molar-refractivity contribution >= 4 is 0 Å². The number of hydrogen-bond acceptors (Lipinski definition) is 2. The monoisotopic (exact) mass is 154 g/mol. The standard InChI is InChI=1S/C8H11FN2/c1-6-3-2-4-7(9)5-8(6)11-10/h2,4-5,11H,3,10H2,1H3. The Morgan fingerprint density at radius 1 is 1.64 bits per heavy atom. The van der Waals surface area contributed by atoms with Gasteiger partial charge in [0, 0.05) is 0 Å². The molecule has 60 valence electrons. The van der Waals surface area contributed by atoms with Crippen LogP contribution in [0.5, 0.6) is 0 Å². The highest BCUT2D eigenvalue weighted by Crippen LogP contribution is 2.15. The summed E-state index contributed by atoms with van der Waals surface area (Å²) < 4.78 is 12.7. The smallest absolute Gasteiger partial charge is 0.125 e. The first-order chi connectivity index (χ1) is 5.24. The fourth-order valence-corrected chi connectivity index (χ4v) is 0.932. The number of halogens is 1. The molecule has 0 bridgehead atoms. The molecule has 0 saturated carbocycles. The maximum atomic E-state index is 12.7. The Morgan fingerprint density at radius 3 is 3.00 bits per heavy atom. The lowest BCUT2D eigenvalue weighted by Crippen LogP contribution is -2.21. The summed E-state index contributed by atoms with van der Waals surface area (Å²) in [4.78, 5) is 0. The van der Waals surface area contributed by atoms with E-state index >= 15 is 0 Å². The molecule has 0 saturated heterocycles. The van der Waals surface area contributed by atoms with Gasteiger partial charge >= 0.3 is 0 Å². The van der Waals surface area contributed by atoms with Crippen LogP contribution in [0.25, 0.3) is 0 Å². The van der Waals surface area contributed by atoms with Crippen molar-refractivity contribution in [3.05, 3.63) is 35.3 Å². The van der Waals surface area contributed by atoms with Gasteiger partial charge in [-0.25, -0.2) is 4.39 Å². The van der Waals surface area contributed by atoms with E-state index < -0.39 is 0 Å². The maximum Gasteiger partial charge on any atom is 0.125 e. The Kier molecular flexibility index (Phi) is 2.44. The van der Waals surface area contributed by atoms with E-state index in [2.05, 4.69) is 5.43 Å². The molecule has 0 aliphatic heterocycles. The molecule has 1 aliphatic rings. The maximum absolute atomic E-state index is 12.7. The van der Waals surface area contributed by atoms with E-state index in [4.69, 9.17) is 5.84 Å². The van der Waals surface area contributed by atoms with Gasteiger partial charge in [0.15, 0.2) is 0 Å². The summed E-state index contributed by atoms with van der Waals surface area (Å²) in [5, 5.41) is 0. The van der Waals surface area contributed by atoms with Crippen LogP contribution < -0.4 is 11.3 Å². The molecular weight excluding hydrogens is 143 g/mol. The van der Waals surface area contributed by atoms with Gasteiger partial charge in [-0.05, 0) is 31.1 Å². The van der Waals surface area contributed by atoms with Crippen molar-refractivity contribution in [3.63, 3.8) is 0 Å². The molecule has 3 N–H and O–H groups in total. The molecule has 0 aromatic carbocycles. The van der Waals surface area contributed by atoms with Crippen molar-refractivity contribution in [2.45, 2.75) is 13.3 Å².